The van der Waals surface area contributed by atoms with E-state index in [4.69, 9.17) is 0 Å². The summed E-state index contributed by atoms with van der Waals surface area (Å²) in [5.41, 5.74) is 1.24. The SMILES string of the molecule is COC(=O)c1ccc(Br)c(CN2CCCC(F)(F)C2)c1. The Bertz CT molecular complexity index is 508. The van der Waals surface area contributed by atoms with E-state index in [9.17, 15) is 13.6 Å². The van der Waals surface area contributed by atoms with Gasteiger partial charge in [-0.1, -0.05) is 15.9 Å². The first kappa shape index (κ1) is 15.4. The zero-order chi connectivity index (χ0) is 14.8. The van der Waals surface area contributed by atoms with E-state index in [1.165, 1.54) is 7.11 Å². The third kappa shape index (κ3) is 3.76. The third-order valence-corrected chi connectivity index (χ3v) is 4.11. The number of carbonyl (C=O) groups is 1. The molecular weight excluding hydrogens is 332 g/mol. The Balaban J connectivity index is 2.14. The zero-order valence-electron chi connectivity index (χ0n) is 11.2. The standard InChI is InChI=1S/C14H16BrF2NO2/c1-20-13(19)10-3-4-12(15)11(7-10)8-18-6-2-5-14(16,17)9-18/h3-4,7H,2,5-6,8-9H2,1H3. The Kier molecular flexibility index (Phi) is 4.75. The van der Waals surface area contributed by atoms with Crippen LogP contribution in [-0.2, 0) is 11.3 Å². The molecular formula is C14H16BrF2NO2. The fourth-order valence-electron chi connectivity index (χ4n) is 2.36. The number of hydrogen-bond donors (Lipinski definition) is 0. The minimum Gasteiger partial charge on any atom is -0.465 e. The zero-order valence-corrected chi connectivity index (χ0v) is 12.8. The maximum Gasteiger partial charge on any atom is 0.337 e. The summed E-state index contributed by atoms with van der Waals surface area (Å²) in [6.07, 6.45) is 0.439. The monoisotopic (exact) mass is 347 g/mol. The average Bonchev–Trinajstić information content (AvgIpc) is 2.39. The van der Waals surface area contributed by atoms with E-state index in [0.29, 0.717) is 25.1 Å². The molecule has 6 heteroatoms. The second-order valence-corrected chi connectivity index (χ2v) is 5.82. The van der Waals surface area contributed by atoms with E-state index in [1.54, 1.807) is 23.1 Å². The molecule has 3 nitrogen and oxygen atoms in total. The lowest BCUT2D eigenvalue weighted by atomic mass is 10.1. The number of methoxy groups -OCH3 is 1. The van der Waals surface area contributed by atoms with Crippen LogP contribution in [0.4, 0.5) is 8.78 Å². The summed E-state index contributed by atoms with van der Waals surface area (Å²) in [6.45, 7) is 0.799. The van der Waals surface area contributed by atoms with Gasteiger partial charge in [0, 0.05) is 17.4 Å². The molecule has 0 spiro atoms. The van der Waals surface area contributed by atoms with Gasteiger partial charge < -0.3 is 4.74 Å². The van der Waals surface area contributed by atoms with Gasteiger partial charge in [0.1, 0.15) is 0 Å². The molecule has 1 fully saturated rings. The molecule has 0 atom stereocenters. The summed E-state index contributed by atoms with van der Waals surface area (Å²) >= 11 is 3.39. The van der Waals surface area contributed by atoms with Gasteiger partial charge in [-0.15, -0.1) is 0 Å². The summed E-state index contributed by atoms with van der Waals surface area (Å²) in [4.78, 5) is 13.2. The number of nitrogens with zero attached hydrogens (tertiary/aromatic N) is 1. The van der Waals surface area contributed by atoms with Crippen LogP contribution in [0.1, 0.15) is 28.8 Å². The molecule has 0 saturated carbocycles. The topological polar surface area (TPSA) is 29.5 Å². The fraction of sp³-hybridized carbons (Fsp3) is 0.500. The van der Waals surface area contributed by atoms with E-state index in [-0.39, 0.29) is 13.0 Å². The van der Waals surface area contributed by atoms with Crippen molar-refractivity contribution < 1.29 is 18.3 Å². The van der Waals surface area contributed by atoms with Crippen molar-refractivity contribution in [3.63, 3.8) is 0 Å². The number of hydrogen-bond acceptors (Lipinski definition) is 3. The number of esters is 1. The van der Waals surface area contributed by atoms with Crippen LogP contribution in [0.3, 0.4) is 0 Å². The highest BCUT2D eigenvalue weighted by molar-refractivity contribution is 9.10. The van der Waals surface area contributed by atoms with Gasteiger partial charge in [0.25, 0.3) is 5.92 Å². The van der Waals surface area contributed by atoms with Crippen LogP contribution in [0.25, 0.3) is 0 Å². The van der Waals surface area contributed by atoms with Crippen LogP contribution in [0.2, 0.25) is 0 Å². The second kappa shape index (κ2) is 6.18. The number of ether oxygens (including phenoxy) is 1. The Morgan fingerprint density at radius 2 is 2.25 bits per heavy atom. The smallest absolute Gasteiger partial charge is 0.337 e. The first-order chi connectivity index (χ1) is 9.41. The molecule has 0 bridgehead atoms. The summed E-state index contributed by atoms with van der Waals surface area (Å²) in [7, 11) is 1.31. The molecule has 0 aromatic heterocycles. The lowest BCUT2D eigenvalue weighted by molar-refractivity contribution is -0.0661. The van der Waals surface area contributed by atoms with Gasteiger partial charge in [0.2, 0.25) is 0 Å². The van der Waals surface area contributed by atoms with Gasteiger partial charge >= 0.3 is 5.97 Å². The predicted octanol–water partition coefficient (Wildman–Crippen LogP) is 3.47. The van der Waals surface area contributed by atoms with Crippen molar-refractivity contribution in [3.8, 4) is 0 Å². The molecule has 1 aromatic carbocycles. The Morgan fingerprint density at radius 3 is 2.90 bits per heavy atom. The molecule has 0 N–H and O–H groups in total. The van der Waals surface area contributed by atoms with Gasteiger partial charge in [-0.2, -0.15) is 0 Å². The number of alkyl halides is 2. The van der Waals surface area contributed by atoms with E-state index >= 15 is 0 Å². The normalized spacial score (nSPS) is 18.8. The predicted molar refractivity (Wildman–Crippen MR) is 74.9 cm³/mol. The Morgan fingerprint density at radius 1 is 1.50 bits per heavy atom. The number of carbonyl (C=O) groups excluding carboxylic acids is 1. The Hall–Kier alpha value is -1.01. The molecule has 1 heterocycles. The number of benzene rings is 1. The molecule has 1 aliphatic rings. The van der Waals surface area contributed by atoms with E-state index in [0.717, 1.165) is 10.0 Å². The highest BCUT2D eigenvalue weighted by atomic mass is 79.9. The Labute approximate surface area is 125 Å². The van der Waals surface area contributed by atoms with Gasteiger partial charge in [-0.05, 0) is 36.7 Å². The third-order valence-electron chi connectivity index (χ3n) is 3.33. The molecule has 1 aromatic rings. The van der Waals surface area contributed by atoms with E-state index in [1.807, 2.05) is 0 Å². The molecule has 0 aliphatic carbocycles. The van der Waals surface area contributed by atoms with Crippen LogP contribution in [0, 0.1) is 0 Å². The molecule has 0 amide bonds. The van der Waals surface area contributed by atoms with Gasteiger partial charge in [-0.3, -0.25) is 4.90 Å². The lowest BCUT2D eigenvalue weighted by Crippen LogP contribution is -2.42. The van der Waals surface area contributed by atoms with E-state index in [2.05, 4.69) is 20.7 Å². The lowest BCUT2D eigenvalue weighted by Gasteiger charge is -2.32. The number of halogens is 3. The van der Waals surface area contributed by atoms with Crippen molar-refractivity contribution in [3.05, 3.63) is 33.8 Å². The van der Waals surface area contributed by atoms with Crippen molar-refractivity contribution in [1.82, 2.24) is 4.90 Å². The molecule has 2 rings (SSSR count). The van der Waals surface area contributed by atoms with Crippen LogP contribution in [-0.4, -0.2) is 37.0 Å². The van der Waals surface area contributed by atoms with Crippen molar-refractivity contribution in [2.45, 2.75) is 25.3 Å². The first-order valence-electron chi connectivity index (χ1n) is 6.38. The van der Waals surface area contributed by atoms with Gasteiger partial charge in [0.15, 0.2) is 0 Å². The van der Waals surface area contributed by atoms with Crippen molar-refractivity contribution in [1.29, 1.82) is 0 Å². The van der Waals surface area contributed by atoms with Crippen LogP contribution < -0.4 is 0 Å². The minimum absolute atomic E-state index is 0.0487. The number of piperidine rings is 1. The molecule has 1 aliphatic heterocycles. The summed E-state index contributed by atoms with van der Waals surface area (Å²) < 4.78 is 32.3. The van der Waals surface area contributed by atoms with Gasteiger partial charge in [0.05, 0.1) is 19.2 Å². The maximum atomic E-state index is 13.4. The first-order valence-corrected chi connectivity index (χ1v) is 7.17. The van der Waals surface area contributed by atoms with Crippen molar-refractivity contribution >= 4 is 21.9 Å². The number of likely N-dealkylation sites (tertiary alicyclic amines) is 1. The maximum absolute atomic E-state index is 13.4. The van der Waals surface area contributed by atoms with Crippen molar-refractivity contribution in [2.24, 2.45) is 0 Å². The molecule has 0 unspecified atom stereocenters. The summed E-state index contributed by atoms with van der Waals surface area (Å²) in [6, 6.07) is 5.07. The van der Waals surface area contributed by atoms with Crippen LogP contribution in [0.5, 0.6) is 0 Å². The van der Waals surface area contributed by atoms with Gasteiger partial charge in [-0.25, -0.2) is 13.6 Å². The second-order valence-electron chi connectivity index (χ2n) is 4.97. The van der Waals surface area contributed by atoms with Crippen LogP contribution >= 0.6 is 15.9 Å². The summed E-state index contributed by atoms with van der Waals surface area (Å²) in [5, 5.41) is 0. The molecule has 1 saturated heterocycles. The fourth-order valence-corrected chi connectivity index (χ4v) is 2.74. The quantitative estimate of drug-likeness (QED) is 0.784. The molecule has 110 valence electrons. The highest BCUT2D eigenvalue weighted by Gasteiger charge is 2.35. The highest BCUT2D eigenvalue weighted by Crippen LogP contribution is 2.29. The van der Waals surface area contributed by atoms with Crippen LogP contribution in [0.15, 0.2) is 22.7 Å². The number of rotatable bonds is 3. The van der Waals surface area contributed by atoms with Crippen molar-refractivity contribution in [2.75, 3.05) is 20.2 Å². The molecule has 0 radical (unpaired) electrons. The minimum atomic E-state index is -2.62. The average molecular weight is 348 g/mol. The summed E-state index contributed by atoms with van der Waals surface area (Å²) in [5.74, 6) is -3.05. The molecule has 20 heavy (non-hydrogen) atoms. The largest absolute Gasteiger partial charge is 0.465 e. The van der Waals surface area contributed by atoms with E-state index < -0.39 is 11.9 Å².